The normalized spacial score (nSPS) is 16.2. The number of rotatable bonds is 8. The van der Waals surface area contributed by atoms with Crippen LogP contribution in [0.4, 0.5) is 5.69 Å². The SMILES string of the molecule is Cc1c(NC(=O)c2nc3c(n2C)CCN(CC(C)O)C3)cccc1-c1cccc(-c2nc3cc(CN4CCCC4)cnc3o2)c1C. The van der Waals surface area contributed by atoms with Crippen LogP contribution in [0.25, 0.3) is 33.8 Å². The summed E-state index contributed by atoms with van der Waals surface area (Å²) in [6.07, 6.45) is 4.79. The first-order valence-electron chi connectivity index (χ1n) is 16.2. The van der Waals surface area contributed by atoms with E-state index in [0.29, 0.717) is 30.5 Å². The molecule has 0 saturated carbocycles. The standard InChI is InChI=1S/C36H41N7O3/c1-22(44)19-43-16-13-32-31(21-43)38-33(41(32)4)34(45)39-29-12-8-10-27(24(29)3)26-9-7-11-28(23(26)2)35-40-30-17-25(18-37-36(30)46-35)20-42-14-5-6-15-42/h7-12,17-18,22,44H,5-6,13-16,19-21H2,1-4H3,(H,39,45). The Morgan fingerprint density at radius 2 is 1.74 bits per heavy atom. The Hall–Kier alpha value is -4.38. The molecule has 10 heteroatoms. The predicted octanol–water partition coefficient (Wildman–Crippen LogP) is 5.49. The van der Waals surface area contributed by atoms with Crippen LogP contribution in [0.5, 0.6) is 0 Å². The molecule has 0 bridgehead atoms. The van der Waals surface area contributed by atoms with E-state index in [4.69, 9.17) is 14.4 Å². The minimum Gasteiger partial charge on any atom is -0.418 e. The number of amides is 1. The number of oxazole rings is 1. The fraction of sp³-hybridized carbons (Fsp3) is 0.389. The molecule has 1 saturated heterocycles. The zero-order valence-corrected chi connectivity index (χ0v) is 27.0. The monoisotopic (exact) mass is 619 g/mol. The number of anilines is 1. The molecule has 2 aliphatic rings. The van der Waals surface area contributed by atoms with Crippen LogP contribution in [0, 0.1) is 13.8 Å². The first-order chi connectivity index (χ1) is 22.2. The number of carbonyl (C=O) groups excluding carboxylic acids is 1. The van der Waals surface area contributed by atoms with Crippen molar-refractivity contribution >= 4 is 22.8 Å². The Morgan fingerprint density at radius 1 is 1.00 bits per heavy atom. The van der Waals surface area contributed by atoms with E-state index in [9.17, 15) is 9.90 Å². The molecule has 0 spiro atoms. The number of hydrogen-bond donors (Lipinski definition) is 2. The average Bonchev–Trinajstić information content (AvgIpc) is 3.77. The molecular weight excluding hydrogens is 578 g/mol. The number of fused-ring (bicyclic) bond motifs is 2. The minimum atomic E-state index is -0.405. The van der Waals surface area contributed by atoms with Crippen molar-refractivity contribution in [3.05, 3.63) is 82.6 Å². The molecule has 1 atom stereocenters. The van der Waals surface area contributed by atoms with Crippen molar-refractivity contribution in [2.75, 3.05) is 31.5 Å². The van der Waals surface area contributed by atoms with Gasteiger partial charge in [-0.25, -0.2) is 15.0 Å². The van der Waals surface area contributed by atoms with E-state index in [0.717, 1.165) is 88.6 Å². The van der Waals surface area contributed by atoms with E-state index in [1.165, 1.54) is 12.8 Å². The summed E-state index contributed by atoms with van der Waals surface area (Å²) in [6, 6.07) is 14.2. The van der Waals surface area contributed by atoms with Crippen LogP contribution in [0.1, 0.15) is 58.5 Å². The molecule has 2 aromatic carbocycles. The van der Waals surface area contributed by atoms with E-state index in [1.807, 2.05) is 49.0 Å². The minimum absolute atomic E-state index is 0.243. The number of aliphatic hydroxyl groups excluding tert-OH is 1. The summed E-state index contributed by atoms with van der Waals surface area (Å²) in [6.45, 7) is 11.1. The van der Waals surface area contributed by atoms with Crippen molar-refractivity contribution in [2.24, 2.45) is 7.05 Å². The molecule has 2 N–H and O–H groups in total. The Morgan fingerprint density at radius 3 is 2.52 bits per heavy atom. The first-order valence-corrected chi connectivity index (χ1v) is 16.2. The molecular formula is C36H41N7O3. The molecule has 3 aromatic heterocycles. The Kier molecular flexibility index (Phi) is 8.18. The largest absolute Gasteiger partial charge is 0.418 e. The molecule has 5 aromatic rings. The number of aliphatic hydroxyl groups is 1. The third kappa shape index (κ3) is 5.84. The number of nitrogens with zero attached hydrogens (tertiary/aromatic N) is 6. The van der Waals surface area contributed by atoms with Gasteiger partial charge in [0.15, 0.2) is 5.82 Å². The molecule has 7 rings (SSSR count). The van der Waals surface area contributed by atoms with Crippen molar-refractivity contribution in [3.63, 3.8) is 0 Å². The van der Waals surface area contributed by atoms with Crippen molar-refractivity contribution < 1.29 is 14.3 Å². The highest BCUT2D eigenvalue weighted by atomic mass is 16.4. The average molecular weight is 620 g/mol. The maximum atomic E-state index is 13.5. The molecule has 1 amide bonds. The number of imidazole rings is 1. The van der Waals surface area contributed by atoms with Gasteiger partial charge in [0.2, 0.25) is 11.6 Å². The van der Waals surface area contributed by atoms with E-state index >= 15 is 0 Å². The molecule has 0 aliphatic carbocycles. The van der Waals surface area contributed by atoms with E-state index in [2.05, 4.69) is 45.2 Å². The summed E-state index contributed by atoms with van der Waals surface area (Å²) in [5, 5.41) is 12.9. The van der Waals surface area contributed by atoms with Crippen molar-refractivity contribution in [2.45, 2.75) is 59.2 Å². The van der Waals surface area contributed by atoms with Crippen LogP contribution < -0.4 is 5.32 Å². The summed E-state index contributed by atoms with van der Waals surface area (Å²) >= 11 is 0. The molecule has 46 heavy (non-hydrogen) atoms. The second kappa shape index (κ2) is 12.4. The second-order valence-electron chi connectivity index (χ2n) is 12.8. The summed E-state index contributed by atoms with van der Waals surface area (Å²) in [4.78, 5) is 32.3. The number of hydrogen-bond acceptors (Lipinski definition) is 8. The zero-order valence-electron chi connectivity index (χ0n) is 27.0. The Bertz CT molecular complexity index is 1920. The number of nitrogens with one attached hydrogen (secondary N) is 1. The highest BCUT2D eigenvalue weighted by Crippen LogP contribution is 2.36. The van der Waals surface area contributed by atoms with Crippen molar-refractivity contribution in [3.8, 4) is 22.6 Å². The summed E-state index contributed by atoms with van der Waals surface area (Å²) in [7, 11) is 1.90. The third-order valence-corrected chi connectivity index (χ3v) is 9.41. The fourth-order valence-corrected chi connectivity index (χ4v) is 6.98. The molecule has 1 unspecified atom stereocenters. The molecule has 1 fully saturated rings. The number of pyridine rings is 1. The van der Waals surface area contributed by atoms with Gasteiger partial charge < -0.3 is 19.4 Å². The van der Waals surface area contributed by atoms with Crippen LogP contribution in [0.3, 0.4) is 0 Å². The third-order valence-electron chi connectivity index (χ3n) is 9.41. The lowest BCUT2D eigenvalue weighted by Gasteiger charge is -2.27. The van der Waals surface area contributed by atoms with Gasteiger partial charge in [-0.1, -0.05) is 24.3 Å². The van der Waals surface area contributed by atoms with E-state index in [1.54, 1.807) is 6.92 Å². The maximum absolute atomic E-state index is 13.5. The molecule has 10 nitrogen and oxygen atoms in total. The van der Waals surface area contributed by atoms with Crippen molar-refractivity contribution in [1.82, 2.24) is 29.3 Å². The maximum Gasteiger partial charge on any atom is 0.291 e. The van der Waals surface area contributed by atoms with Crippen LogP contribution in [-0.2, 0) is 26.6 Å². The summed E-state index contributed by atoms with van der Waals surface area (Å²) in [5.74, 6) is 0.695. The van der Waals surface area contributed by atoms with Crippen LogP contribution in [0.15, 0.2) is 53.1 Å². The van der Waals surface area contributed by atoms with Gasteiger partial charge in [-0.3, -0.25) is 14.6 Å². The van der Waals surface area contributed by atoms with Gasteiger partial charge in [0.25, 0.3) is 5.91 Å². The fourth-order valence-electron chi connectivity index (χ4n) is 6.98. The first kappa shape index (κ1) is 30.3. The second-order valence-corrected chi connectivity index (χ2v) is 12.8. The van der Waals surface area contributed by atoms with Gasteiger partial charge >= 0.3 is 0 Å². The zero-order chi connectivity index (χ0) is 31.9. The van der Waals surface area contributed by atoms with Gasteiger partial charge in [0, 0.05) is 62.8 Å². The van der Waals surface area contributed by atoms with Crippen LogP contribution in [-0.4, -0.2) is 72.6 Å². The van der Waals surface area contributed by atoms with Gasteiger partial charge in [-0.2, -0.15) is 0 Å². The van der Waals surface area contributed by atoms with E-state index < -0.39 is 6.10 Å². The number of benzene rings is 2. The van der Waals surface area contributed by atoms with Crippen LogP contribution in [0.2, 0.25) is 0 Å². The number of β-amino-alcohol motifs (C(OH)–C–C–N with tert-alkyl or cyclic N) is 1. The number of carbonyl (C=O) groups is 1. The number of likely N-dealkylation sites (tertiary alicyclic amines) is 1. The lowest BCUT2D eigenvalue weighted by Crippen LogP contribution is -2.36. The van der Waals surface area contributed by atoms with Crippen LogP contribution >= 0.6 is 0 Å². The quantitative estimate of drug-likeness (QED) is 0.234. The van der Waals surface area contributed by atoms with E-state index in [-0.39, 0.29) is 5.91 Å². The molecule has 0 radical (unpaired) electrons. The Labute approximate surface area is 269 Å². The number of aromatic nitrogens is 4. The lowest BCUT2D eigenvalue weighted by atomic mass is 9.93. The molecule has 5 heterocycles. The van der Waals surface area contributed by atoms with Gasteiger partial charge in [-0.15, -0.1) is 0 Å². The Balaban J connectivity index is 1.13. The molecule has 238 valence electrons. The highest BCUT2D eigenvalue weighted by Gasteiger charge is 2.26. The lowest BCUT2D eigenvalue weighted by molar-refractivity contribution is 0.101. The topological polar surface area (TPSA) is 113 Å². The van der Waals surface area contributed by atoms with Gasteiger partial charge in [-0.05, 0) is 92.7 Å². The highest BCUT2D eigenvalue weighted by molar-refractivity contribution is 6.03. The van der Waals surface area contributed by atoms with Gasteiger partial charge in [0.1, 0.15) is 5.52 Å². The van der Waals surface area contributed by atoms with Gasteiger partial charge in [0.05, 0.1) is 11.8 Å². The molecule has 2 aliphatic heterocycles. The smallest absolute Gasteiger partial charge is 0.291 e. The summed E-state index contributed by atoms with van der Waals surface area (Å²) in [5.41, 5.74) is 10.1. The predicted molar refractivity (Wildman–Crippen MR) is 178 cm³/mol. The summed E-state index contributed by atoms with van der Waals surface area (Å²) < 4.78 is 8.06. The van der Waals surface area contributed by atoms with Crippen molar-refractivity contribution in [1.29, 1.82) is 0 Å².